The van der Waals surface area contributed by atoms with E-state index in [0.29, 0.717) is 12.2 Å². The summed E-state index contributed by atoms with van der Waals surface area (Å²) in [6.07, 6.45) is 3.41. The molecule has 22 heavy (non-hydrogen) atoms. The van der Waals surface area contributed by atoms with Gasteiger partial charge in [0, 0.05) is 12.2 Å². The molecule has 0 bridgehead atoms. The Hall–Kier alpha value is -1.89. The summed E-state index contributed by atoms with van der Waals surface area (Å²) in [6.45, 7) is 6.69. The molecule has 0 aliphatic carbocycles. The fourth-order valence-electron chi connectivity index (χ4n) is 2.84. The molecule has 1 aliphatic rings. The molecule has 1 saturated heterocycles. The molecule has 1 aliphatic heterocycles. The Kier molecular flexibility index (Phi) is 5.18. The molecule has 0 spiro atoms. The van der Waals surface area contributed by atoms with Gasteiger partial charge in [-0.05, 0) is 19.8 Å². The maximum atomic E-state index is 12.7. The van der Waals surface area contributed by atoms with Crippen LogP contribution in [0.5, 0.6) is 0 Å². The van der Waals surface area contributed by atoms with E-state index in [-0.39, 0.29) is 25.1 Å². The zero-order chi connectivity index (χ0) is 16.3. The van der Waals surface area contributed by atoms with Crippen LogP contribution in [0.1, 0.15) is 48.8 Å². The van der Waals surface area contributed by atoms with Crippen LogP contribution in [-0.4, -0.2) is 57.5 Å². The van der Waals surface area contributed by atoms with Crippen molar-refractivity contribution in [2.24, 2.45) is 0 Å². The third-order valence-electron chi connectivity index (χ3n) is 4.24. The summed E-state index contributed by atoms with van der Waals surface area (Å²) in [6, 6.07) is -0.682. The van der Waals surface area contributed by atoms with Crippen molar-refractivity contribution in [3.63, 3.8) is 0 Å². The normalized spacial score (nSPS) is 18.7. The first-order valence-electron chi connectivity index (χ1n) is 7.66. The van der Waals surface area contributed by atoms with E-state index in [2.05, 4.69) is 18.9 Å². The van der Waals surface area contributed by atoms with Crippen LogP contribution in [0.15, 0.2) is 6.20 Å². The quantitative estimate of drug-likeness (QED) is 0.890. The van der Waals surface area contributed by atoms with Crippen molar-refractivity contribution in [1.82, 2.24) is 14.7 Å². The zero-order valence-corrected chi connectivity index (χ0v) is 13.3. The molecular weight excluding hydrogens is 286 g/mol. The van der Waals surface area contributed by atoms with Crippen molar-refractivity contribution >= 4 is 11.9 Å². The summed E-state index contributed by atoms with van der Waals surface area (Å²) in [5.74, 6) is -1.33. The highest BCUT2D eigenvalue weighted by Crippen LogP contribution is 2.21. The number of carboxylic acids is 1. The Morgan fingerprint density at radius 3 is 2.73 bits per heavy atom. The number of ether oxygens (including phenoxy) is 1. The minimum absolute atomic E-state index is 0.0286. The number of rotatable bonds is 5. The van der Waals surface area contributed by atoms with Gasteiger partial charge in [-0.15, -0.1) is 0 Å². The lowest BCUT2D eigenvalue weighted by atomic mass is 10.1. The molecule has 2 rings (SSSR count). The number of amides is 1. The summed E-state index contributed by atoms with van der Waals surface area (Å²) < 4.78 is 7.04. The standard InChI is InChI=1S/C15H23N3O4/c1-4-11(5-2)18-10(3)12(8-16-18)14(19)17-6-7-22-9-13(17)15(20)21/h8,11,13H,4-7,9H2,1-3H3,(H,20,21). The number of carboxylic acid groups (broad SMARTS) is 1. The van der Waals surface area contributed by atoms with Crippen LogP contribution >= 0.6 is 0 Å². The molecule has 7 heteroatoms. The van der Waals surface area contributed by atoms with E-state index >= 15 is 0 Å². The van der Waals surface area contributed by atoms with Crippen molar-refractivity contribution in [1.29, 1.82) is 0 Å². The number of aromatic nitrogens is 2. The molecule has 1 fully saturated rings. The molecule has 1 aromatic rings. The Labute approximate surface area is 129 Å². The zero-order valence-electron chi connectivity index (χ0n) is 13.3. The number of hydrogen-bond acceptors (Lipinski definition) is 4. The highest BCUT2D eigenvalue weighted by molar-refractivity contribution is 5.97. The average Bonchev–Trinajstić information content (AvgIpc) is 2.90. The third kappa shape index (κ3) is 2.99. The van der Waals surface area contributed by atoms with Gasteiger partial charge in [-0.1, -0.05) is 13.8 Å². The molecule has 1 atom stereocenters. The first kappa shape index (κ1) is 16.5. The molecule has 1 amide bonds. The molecule has 0 aromatic carbocycles. The maximum Gasteiger partial charge on any atom is 0.328 e. The van der Waals surface area contributed by atoms with E-state index < -0.39 is 12.0 Å². The summed E-state index contributed by atoms with van der Waals surface area (Å²) in [5, 5.41) is 13.6. The first-order valence-corrected chi connectivity index (χ1v) is 7.66. The molecule has 122 valence electrons. The smallest absolute Gasteiger partial charge is 0.328 e. The second kappa shape index (κ2) is 6.91. The molecule has 2 heterocycles. The van der Waals surface area contributed by atoms with E-state index in [1.807, 2.05) is 11.6 Å². The van der Waals surface area contributed by atoms with Crippen LogP contribution in [0.2, 0.25) is 0 Å². The van der Waals surface area contributed by atoms with Gasteiger partial charge in [-0.3, -0.25) is 9.48 Å². The summed E-state index contributed by atoms with van der Waals surface area (Å²) >= 11 is 0. The summed E-state index contributed by atoms with van der Waals surface area (Å²) in [4.78, 5) is 25.4. The topological polar surface area (TPSA) is 84.7 Å². The molecule has 1 aromatic heterocycles. The SMILES string of the molecule is CCC(CC)n1ncc(C(=O)N2CCOCC2C(=O)O)c1C. The molecule has 0 saturated carbocycles. The first-order chi connectivity index (χ1) is 10.5. The van der Waals surface area contributed by atoms with Gasteiger partial charge in [0.2, 0.25) is 0 Å². The van der Waals surface area contributed by atoms with E-state index in [1.54, 1.807) is 6.20 Å². The van der Waals surface area contributed by atoms with Crippen LogP contribution in [0.3, 0.4) is 0 Å². The number of aliphatic carboxylic acids is 1. The molecule has 7 nitrogen and oxygen atoms in total. The van der Waals surface area contributed by atoms with Crippen LogP contribution < -0.4 is 0 Å². The third-order valence-corrected chi connectivity index (χ3v) is 4.24. The van der Waals surface area contributed by atoms with E-state index in [9.17, 15) is 14.7 Å². The van der Waals surface area contributed by atoms with Crippen LogP contribution in [-0.2, 0) is 9.53 Å². The number of hydrogen-bond donors (Lipinski definition) is 1. The lowest BCUT2D eigenvalue weighted by Gasteiger charge is -2.32. The Morgan fingerprint density at radius 2 is 2.14 bits per heavy atom. The highest BCUT2D eigenvalue weighted by Gasteiger charge is 2.34. The van der Waals surface area contributed by atoms with E-state index in [4.69, 9.17) is 4.74 Å². The highest BCUT2D eigenvalue weighted by atomic mass is 16.5. The summed E-state index contributed by atoms with van der Waals surface area (Å²) in [7, 11) is 0. The van der Waals surface area contributed by atoms with E-state index in [0.717, 1.165) is 18.5 Å². The molecule has 0 radical (unpaired) electrons. The molecule has 1 N–H and O–H groups in total. The molecule has 1 unspecified atom stereocenters. The van der Waals surface area contributed by atoms with Gasteiger partial charge >= 0.3 is 5.97 Å². The van der Waals surface area contributed by atoms with Gasteiger partial charge < -0.3 is 14.7 Å². The van der Waals surface area contributed by atoms with Gasteiger partial charge in [-0.25, -0.2) is 4.79 Å². The number of nitrogens with zero attached hydrogens (tertiary/aromatic N) is 3. The lowest BCUT2D eigenvalue weighted by molar-refractivity contribution is -0.147. The number of morpholine rings is 1. The second-order valence-corrected chi connectivity index (χ2v) is 5.49. The van der Waals surface area contributed by atoms with Crippen molar-refractivity contribution in [3.8, 4) is 0 Å². The largest absolute Gasteiger partial charge is 0.480 e. The minimum Gasteiger partial charge on any atom is -0.480 e. The van der Waals surface area contributed by atoms with Crippen LogP contribution in [0.25, 0.3) is 0 Å². The van der Waals surface area contributed by atoms with Gasteiger partial charge in [0.05, 0.1) is 31.0 Å². The number of carbonyl (C=O) groups is 2. The minimum atomic E-state index is -1.04. The van der Waals surface area contributed by atoms with Gasteiger partial charge in [0.15, 0.2) is 6.04 Å². The predicted molar refractivity (Wildman–Crippen MR) is 79.9 cm³/mol. The fourth-order valence-corrected chi connectivity index (χ4v) is 2.84. The average molecular weight is 309 g/mol. The maximum absolute atomic E-state index is 12.7. The van der Waals surface area contributed by atoms with Crippen molar-refractivity contribution in [2.45, 2.75) is 45.7 Å². The Morgan fingerprint density at radius 1 is 1.45 bits per heavy atom. The second-order valence-electron chi connectivity index (χ2n) is 5.49. The predicted octanol–water partition coefficient (Wildman–Crippen LogP) is 1.48. The van der Waals surface area contributed by atoms with Crippen molar-refractivity contribution in [3.05, 3.63) is 17.5 Å². The number of carbonyl (C=O) groups excluding carboxylic acids is 1. The van der Waals surface area contributed by atoms with Gasteiger partial charge in [-0.2, -0.15) is 5.10 Å². The van der Waals surface area contributed by atoms with E-state index in [1.165, 1.54) is 4.90 Å². The van der Waals surface area contributed by atoms with Crippen LogP contribution in [0, 0.1) is 6.92 Å². The van der Waals surface area contributed by atoms with Crippen molar-refractivity contribution < 1.29 is 19.4 Å². The van der Waals surface area contributed by atoms with Gasteiger partial charge in [0.1, 0.15) is 0 Å². The Balaban J connectivity index is 2.27. The fraction of sp³-hybridized carbons (Fsp3) is 0.667. The molecular formula is C15H23N3O4. The van der Waals surface area contributed by atoms with Gasteiger partial charge in [0.25, 0.3) is 5.91 Å². The summed E-state index contributed by atoms with van der Waals surface area (Å²) in [5.41, 5.74) is 1.26. The lowest BCUT2D eigenvalue weighted by Crippen LogP contribution is -2.52. The van der Waals surface area contributed by atoms with Crippen LogP contribution in [0.4, 0.5) is 0 Å². The monoisotopic (exact) mass is 309 g/mol. The van der Waals surface area contributed by atoms with Crippen molar-refractivity contribution in [2.75, 3.05) is 19.8 Å². The Bertz CT molecular complexity index is 551.